The maximum absolute atomic E-state index is 12.7. The Kier molecular flexibility index (Phi) is 4.10. The van der Waals surface area contributed by atoms with Crippen LogP contribution in [0.3, 0.4) is 0 Å². The molecule has 0 atom stereocenters. The minimum atomic E-state index is -0.233. The number of rotatable bonds is 3. The molecule has 0 unspecified atom stereocenters. The highest BCUT2D eigenvalue weighted by molar-refractivity contribution is 9.10. The molecule has 0 spiro atoms. The van der Waals surface area contributed by atoms with Crippen LogP contribution >= 0.6 is 27.5 Å². The van der Waals surface area contributed by atoms with Gasteiger partial charge in [0.25, 0.3) is 5.56 Å². The largest absolute Gasteiger partial charge is 0.293 e. The van der Waals surface area contributed by atoms with Crippen molar-refractivity contribution >= 4 is 38.7 Å². The van der Waals surface area contributed by atoms with Gasteiger partial charge in [0.05, 0.1) is 12.2 Å². The molecule has 0 saturated heterocycles. The van der Waals surface area contributed by atoms with Crippen LogP contribution in [-0.2, 0) is 6.54 Å². The first kappa shape index (κ1) is 16.0. The van der Waals surface area contributed by atoms with Gasteiger partial charge in [-0.3, -0.25) is 9.36 Å². The first-order valence-electron chi connectivity index (χ1n) is 7.43. The molecule has 0 N–H and O–H groups in total. The van der Waals surface area contributed by atoms with E-state index in [0.717, 1.165) is 15.7 Å². The van der Waals surface area contributed by atoms with E-state index in [-0.39, 0.29) is 11.1 Å². The van der Waals surface area contributed by atoms with Crippen molar-refractivity contribution in [2.45, 2.75) is 6.54 Å². The zero-order valence-electron chi connectivity index (χ0n) is 12.8. The summed E-state index contributed by atoms with van der Waals surface area (Å²) >= 11 is 9.28. The lowest BCUT2D eigenvalue weighted by atomic mass is 10.2. The lowest BCUT2D eigenvalue weighted by molar-refractivity contribution is 0.745. The molecule has 0 amide bonds. The highest BCUT2D eigenvalue weighted by atomic mass is 79.9. The standard InChI is InChI=1S/C17H11BrClN5O/c18-12-3-7-14(8-4-12)24-16-15(21-22-24)17(25)23(10-20-16)9-11-1-5-13(19)6-2-11/h1-8,10H,9H2. The Morgan fingerprint density at radius 3 is 2.48 bits per heavy atom. The van der Waals surface area contributed by atoms with E-state index in [1.807, 2.05) is 36.4 Å². The quantitative estimate of drug-likeness (QED) is 0.513. The van der Waals surface area contributed by atoms with E-state index in [9.17, 15) is 4.79 Å². The molecule has 2 heterocycles. The zero-order chi connectivity index (χ0) is 17.4. The molecule has 25 heavy (non-hydrogen) atoms. The number of halogens is 2. The topological polar surface area (TPSA) is 65.6 Å². The average Bonchev–Trinajstić information content (AvgIpc) is 3.05. The number of aromatic nitrogens is 5. The fraction of sp³-hybridized carbons (Fsp3) is 0.0588. The Balaban J connectivity index is 1.75. The minimum absolute atomic E-state index is 0.233. The predicted octanol–water partition coefficient (Wildman–Crippen LogP) is 3.44. The molecule has 2 aromatic heterocycles. The molecule has 0 radical (unpaired) electrons. The predicted molar refractivity (Wildman–Crippen MR) is 99.2 cm³/mol. The van der Waals surface area contributed by atoms with E-state index in [1.54, 1.807) is 16.8 Å². The molecular weight excluding hydrogens is 406 g/mol. The summed E-state index contributed by atoms with van der Waals surface area (Å²) in [5.74, 6) is 0. The van der Waals surface area contributed by atoms with E-state index in [2.05, 4.69) is 31.2 Å². The van der Waals surface area contributed by atoms with Gasteiger partial charge in [0.1, 0.15) is 6.33 Å². The van der Waals surface area contributed by atoms with Gasteiger partial charge < -0.3 is 0 Å². The van der Waals surface area contributed by atoms with Crippen LogP contribution in [0.5, 0.6) is 0 Å². The van der Waals surface area contributed by atoms with Gasteiger partial charge >= 0.3 is 0 Å². The summed E-state index contributed by atoms with van der Waals surface area (Å²) in [5.41, 5.74) is 2.17. The molecule has 0 saturated carbocycles. The van der Waals surface area contributed by atoms with Crippen molar-refractivity contribution in [3.63, 3.8) is 0 Å². The van der Waals surface area contributed by atoms with Crippen LogP contribution in [0, 0.1) is 0 Å². The Morgan fingerprint density at radius 1 is 1.04 bits per heavy atom. The molecule has 0 aliphatic carbocycles. The highest BCUT2D eigenvalue weighted by Gasteiger charge is 2.13. The molecule has 2 aromatic carbocycles. The second-order valence-electron chi connectivity index (χ2n) is 5.45. The Bertz CT molecular complexity index is 1100. The zero-order valence-corrected chi connectivity index (χ0v) is 15.1. The lowest BCUT2D eigenvalue weighted by Gasteiger charge is -2.06. The van der Waals surface area contributed by atoms with E-state index < -0.39 is 0 Å². The van der Waals surface area contributed by atoms with Gasteiger partial charge in [0.15, 0.2) is 11.2 Å². The number of fused-ring (bicyclic) bond motifs is 1. The van der Waals surface area contributed by atoms with Crippen molar-refractivity contribution in [3.8, 4) is 5.69 Å². The van der Waals surface area contributed by atoms with Crippen molar-refractivity contribution in [3.05, 3.63) is 80.3 Å². The SMILES string of the molecule is O=c1c2nnn(-c3ccc(Br)cc3)c2ncn1Cc1ccc(Cl)cc1. The normalized spacial score (nSPS) is 11.1. The summed E-state index contributed by atoms with van der Waals surface area (Å²) in [6, 6.07) is 14.9. The van der Waals surface area contributed by atoms with Crippen molar-refractivity contribution in [2.75, 3.05) is 0 Å². The van der Waals surface area contributed by atoms with Crippen LogP contribution < -0.4 is 5.56 Å². The summed E-state index contributed by atoms with van der Waals surface area (Å²) < 4.78 is 4.01. The van der Waals surface area contributed by atoms with Crippen molar-refractivity contribution in [1.82, 2.24) is 24.5 Å². The van der Waals surface area contributed by atoms with Crippen LogP contribution in [0.15, 0.2) is 64.1 Å². The van der Waals surface area contributed by atoms with Crippen LogP contribution in [0.4, 0.5) is 0 Å². The van der Waals surface area contributed by atoms with Crippen molar-refractivity contribution in [2.24, 2.45) is 0 Å². The molecular formula is C17H11BrClN5O. The fourth-order valence-electron chi connectivity index (χ4n) is 2.50. The smallest absolute Gasteiger partial charge is 0.283 e. The number of hydrogen-bond donors (Lipinski definition) is 0. The molecule has 124 valence electrons. The maximum Gasteiger partial charge on any atom is 0.283 e. The third-order valence-corrected chi connectivity index (χ3v) is 4.55. The van der Waals surface area contributed by atoms with E-state index in [4.69, 9.17) is 11.6 Å². The molecule has 8 heteroatoms. The number of benzene rings is 2. The van der Waals surface area contributed by atoms with Gasteiger partial charge in [0.2, 0.25) is 0 Å². The third kappa shape index (κ3) is 3.08. The number of hydrogen-bond acceptors (Lipinski definition) is 4. The Hall–Kier alpha value is -2.51. The third-order valence-electron chi connectivity index (χ3n) is 3.77. The van der Waals surface area contributed by atoms with E-state index in [0.29, 0.717) is 17.2 Å². The minimum Gasteiger partial charge on any atom is -0.293 e. The van der Waals surface area contributed by atoms with Gasteiger partial charge in [-0.1, -0.05) is 44.9 Å². The van der Waals surface area contributed by atoms with Gasteiger partial charge in [-0.2, -0.15) is 4.68 Å². The van der Waals surface area contributed by atoms with E-state index >= 15 is 0 Å². The molecule has 0 bridgehead atoms. The molecule has 4 rings (SSSR count). The summed E-state index contributed by atoms with van der Waals surface area (Å²) in [4.78, 5) is 17.0. The fourth-order valence-corrected chi connectivity index (χ4v) is 2.89. The first-order valence-corrected chi connectivity index (χ1v) is 8.60. The van der Waals surface area contributed by atoms with Crippen LogP contribution in [0.1, 0.15) is 5.56 Å². The average molecular weight is 417 g/mol. The molecule has 0 fully saturated rings. The monoisotopic (exact) mass is 415 g/mol. The molecule has 6 nitrogen and oxygen atoms in total. The second kappa shape index (κ2) is 6.42. The van der Waals surface area contributed by atoms with Gasteiger partial charge in [-0.15, -0.1) is 5.10 Å². The molecule has 0 aliphatic rings. The summed E-state index contributed by atoms with van der Waals surface area (Å²) in [7, 11) is 0. The summed E-state index contributed by atoms with van der Waals surface area (Å²) in [6.07, 6.45) is 1.51. The lowest BCUT2D eigenvalue weighted by Crippen LogP contribution is -2.21. The van der Waals surface area contributed by atoms with Gasteiger partial charge in [-0.25, -0.2) is 4.98 Å². The van der Waals surface area contributed by atoms with Crippen molar-refractivity contribution in [1.29, 1.82) is 0 Å². The molecule has 4 aromatic rings. The van der Waals surface area contributed by atoms with Crippen molar-refractivity contribution < 1.29 is 0 Å². The Labute approximate surface area is 155 Å². The van der Waals surface area contributed by atoms with Crippen LogP contribution in [-0.4, -0.2) is 24.5 Å². The number of nitrogens with zero attached hydrogens (tertiary/aromatic N) is 5. The van der Waals surface area contributed by atoms with E-state index in [1.165, 1.54) is 10.9 Å². The first-order chi connectivity index (χ1) is 12.1. The highest BCUT2D eigenvalue weighted by Crippen LogP contribution is 2.16. The van der Waals surface area contributed by atoms with Gasteiger partial charge in [-0.05, 0) is 42.0 Å². The summed E-state index contributed by atoms with van der Waals surface area (Å²) in [6.45, 7) is 0.393. The van der Waals surface area contributed by atoms with Gasteiger partial charge in [0, 0.05) is 9.50 Å². The van der Waals surface area contributed by atoms with Crippen LogP contribution in [0.25, 0.3) is 16.9 Å². The second-order valence-corrected chi connectivity index (χ2v) is 6.81. The maximum atomic E-state index is 12.7. The Morgan fingerprint density at radius 2 is 1.76 bits per heavy atom. The summed E-state index contributed by atoms with van der Waals surface area (Å²) in [5, 5.41) is 8.75. The molecule has 0 aliphatic heterocycles. The van der Waals surface area contributed by atoms with Crippen LogP contribution in [0.2, 0.25) is 5.02 Å².